The minimum Gasteiger partial charge on any atom is -0.493 e. The number of esters is 2. The van der Waals surface area contributed by atoms with Crippen molar-refractivity contribution in [2.75, 3.05) is 13.7 Å². The van der Waals surface area contributed by atoms with Crippen molar-refractivity contribution in [2.45, 2.75) is 70.6 Å². The van der Waals surface area contributed by atoms with Gasteiger partial charge < -0.3 is 24.3 Å². The van der Waals surface area contributed by atoms with Crippen LogP contribution in [0.15, 0.2) is 42.6 Å². The molecule has 1 saturated heterocycles. The van der Waals surface area contributed by atoms with Gasteiger partial charge in [0, 0.05) is 31.7 Å². The zero-order chi connectivity index (χ0) is 27.1. The Kier molecular flexibility index (Phi) is 9.33. The molecule has 1 N–H and O–H groups in total. The van der Waals surface area contributed by atoms with E-state index in [2.05, 4.69) is 22.4 Å². The fraction of sp³-hybridized carbons (Fsp3) is 0.517. The second-order valence-electron chi connectivity index (χ2n) is 10.1. The minimum absolute atomic E-state index is 0.0230. The van der Waals surface area contributed by atoms with Gasteiger partial charge in [-0.2, -0.15) is 0 Å². The number of pyridine rings is 1. The number of carbonyl (C=O) groups excluding carboxylic acids is 3. The number of hydrogen-bond donors (Lipinski definition) is 1. The summed E-state index contributed by atoms with van der Waals surface area (Å²) >= 11 is 0. The molecule has 9 heteroatoms. The van der Waals surface area contributed by atoms with Crippen molar-refractivity contribution in [3.05, 3.63) is 53.9 Å². The van der Waals surface area contributed by atoms with Gasteiger partial charge in [0.25, 0.3) is 5.91 Å². The van der Waals surface area contributed by atoms with E-state index in [1.54, 1.807) is 0 Å². The molecule has 4 unspecified atom stereocenters. The maximum absolute atomic E-state index is 13.3. The Morgan fingerprint density at radius 1 is 1.11 bits per heavy atom. The SMILES string of the molecule is COc1ccnc(C(=O)NC2CCCC(OCC3CC3)C(Cc3ccccc3)C(C)OC2=O)c1OC(C)=O. The number of ether oxygens (including phenoxy) is 4. The van der Waals surface area contributed by atoms with Crippen molar-refractivity contribution in [3.8, 4) is 11.5 Å². The van der Waals surface area contributed by atoms with Crippen LogP contribution in [0.25, 0.3) is 0 Å². The van der Waals surface area contributed by atoms with E-state index in [1.165, 1.54) is 39.1 Å². The highest BCUT2D eigenvalue weighted by atomic mass is 16.6. The predicted molar refractivity (Wildman–Crippen MR) is 139 cm³/mol. The third-order valence-corrected chi connectivity index (χ3v) is 7.06. The van der Waals surface area contributed by atoms with E-state index in [4.69, 9.17) is 18.9 Å². The molecule has 9 nitrogen and oxygen atoms in total. The first-order valence-electron chi connectivity index (χ1n) is 13.2. The highest BCUT2D eigenvalue weighted by molar-refractivity contribution is 5.98. The van der Waals surface area contributed by atoms with Crippen LogP contribution >= 0.6 is 0 Å². The minimum atomic E-state index is -0.886. The molecule has 2 aromatic rings. The van der Waals surface area contributed by atoms with Crippen LogP contribution in [0.4, 0.5) is 0 Å². The summed E-state index contributed by atoms with van der Waals surface area (Å²) in [5.74, 6) is -1.11. The summed E-state index contributed by atoms with van der Waals surface area (Å²) in [5.41, 5.74) is 1.01. The second-order valence-corrected chi connectivity index (χ2v) is 10.1. The molecule has 4 rings (SSSR count). The first-order chi connectivity index (χ1) is 18.4. The average molecular weight is 525 g/mol. The normalized spacial score (nSPS) is 23.8. The maximum atomic E-state index is 13.3. The van der Waals surface area contributed by atoms with Crippen LogP contribution in [0.2, 0.25) is 0 Å². The van der Waals surface area contributed by atoms with Crippen molar-refractivity contribution in [3.63, 3.8) is 0 Å². The molecule has 2 aliphatic rings. The Morgan fingerprint density at radius 3 is 2.55 bits per heavy atom. The highest BCUT2D eigenvalue weighted by Crippen LogP contribution is 2.33. The number of rotatable bonds is 9. The van der Waals surface area contributed by atoms with Crippen LogP contribution in [0.3, 0.4) is 0 Å². The van der Waals surface area contributed by atoms with Crippen LogP contribution in [0.1, 0.15) is 62.0 Å². The topological polar surface area (TPSA) is 113 Å². The standard InChI is InChI=1S/C29H36N2O7/c1-18-22(16-20-8-5-4-6-9-20)24(36-17-21-12-13-21)11-7-10-23(29(34)37-18)31-28(33)26-27(38-19(2)32)25(35-3)14-15-30-26/h4-6,8-9,14-15,18,21-24H,7,10-13,16-17H2,1-3H3,(H,31,33). The van der Waals surface area contributed by atoms with E-state index in [0.717, 1.165) is 25.0 Å². The molecule has 0 bridgehead atoms. The summed E-state index contributed by atoms with van der Waals surface area (Å²) in [7, 11) is 1.40. The molecule has 1 aliphatic heterocycles. The van der Waals surface area contributed by atoms with Crippen molar-refractivity contribution in [2.24, 2.45) is 11.8 Å². The molecule has 1 aliphatic carbocycles. The van der Waals surface area contributed by atoms with Gasteiger partial charge >= 0.3 is 11.9 Å². The lowest BCUT2D eigenvalue weighted by atomic mass is 9.87. The number of nitrogens with one attached hydrogen (secondary N) is 1. The number of benzene rings is 1. The van der Waals surface area contributed by atoms with Crippen LogP contribution in [-0.4, -0.2) is 54.8 Å². The summed E-state index contributed by atoms with van der Waals surface area (Å²) in [6.07, 6.45) is 5.79. The fourth-order valence-corrected chi connectivity index (χ4v) is 4.80. The molecule has 1 saturated carbocycles. The summed E-state index contributed by atoms with van der Waals surface area (Å²) in [6.45, 7) is 3.83. The van der Waals surface area contributed by atoms with E-state index in [9.17, 15) is 14.4 Å². The first-order valence-corrected chi connectivity index (χ1v) is 13.2. The first kappa shape index (κ1) is 27.6. The van der Waals surface area contributed by atoms with Crippen LogP contribution < -0.4 is 14.8 Å². The lowest BCUT2D eigenvalue weighted by Gasteiger charge is -2.31. The number of hydrogen-bond acceptors (Lipinski definition) is 8. The van der Waals surface area contributed by atoms with Gasteiger partial charge in [-0.15, -0.1) is 0 Å². The third kappa shape index (κ3) is 7.31. The molecule has 204 valence electrons. The quantitative estimate of drug-likeness (QED) is 0.492. The molecule has 38 heavy (non-hydrogen) atoms. The van der Waals surface area contributed by atoms with Crippen LogP contribution in [0, 0.1) is 11.8 Å². The Bertz CT molecular complexity index is 1120. The van der Waals surface area contributed by atoms with Gasteiger partial charge in [0.15, 0.2) is 11.4 Å². The number of carbonyl (C=O) groups is 3. The molecule has 1 amide bonds. The molecule has 1 aromatic heterocycles. The molecule has 2 fully saturated rings. The van der Waals surface area contributed by atoms with E-state index in [0.29, 0.717) is 18.8 Å². The molecule has 4 atom stereocenters. The molecule has 0 spiro atoms. The van der Waals surface area contributed by atoms with Gasteiger partial charge in [0.2, 0.25) is 5.75 Å². The monoisotopic (exact) mass is 524 g/mol. The average Bonchev–Trinajstić information content (AvgIpc) is 3.72. The summed E-state index contributed by atoms with van der Waals surface area (Å²) in [4.78, 5) is 42.2. The van der Waals surface area contributed by atoms with Crippen molar-refractivity contribution in [1.29, 1.82) is 0 Å². The largest absolute Gasteiger partial charge is 0.493 e. The Morgan fingerprint density at radius 2 is 1.87 bits per heavy atom. The number of methoxy groups -OCH3 is 1. The maximum Gasteiger partial charge on any atom is 0.328 e. The van der Waals surface area contributed by atoms with Gasteiger partial charge in [-0.3, -0.25) is 9.59 Å². The van der Waals surface area contributed by atoms with E-state index in [1.807, 2.05) is 25.1 Å². The van der Waals surface area contributed by atoms with Crippen molar-refractivity contribution < 1.29 is 33.3 Å². The lowest BCUT2D eigenvalue weighted by Crippen LogP contribution is -2.44. The molecular weight excluding hydrogens is 488 g/mol. The van der Waals surface area contributed by atoms with Gasteiger partial charge in [-0.05, 0) is 56.9 Å². The van der Waals surface area contributed by atoms with Crippen LogP contribution in [-0.2, 0) is 25.5 Å². The third-order valence-electron chi connectivity index (χ3n) is 7.06. The molecule has 1 aromatic carbocycles. The lowest BCUT2D eigenvalue weighted by molar-refractivity contribution is -0.155. The van der Waals surface area contributed by atoms with Crippen LogP contribution in [0.5, 0.6) is 11.5 Å². The highest BCUT2D eigenvalue weighted by Gasteiger charge is 2.36. The summed E-state index contributed by atoms with van der Waals surface area (Å²) in [6, 6.07) is 10.7. The predicted octanol–water partition coefficient (Wildman–Crippen LogP) is 3.88. The van der Waals surface area contributed by atoms with E-state index in [-0.39, 0.29) is 29.2 Å². The fourth-order valence-electron chi connectivity index (χ4n) is 4.80. The van der Waals surface area contributed by atoms with Gasteiger partial charge in [0.1, 0.15) is 12.1 Å². The number of aromatic nitrogens is 1. The smallest absolute Gasteiger partial charge is 0.328 e. The second kappa shape index (κ2) is 12.9. The number of cyclic esters (lactones) is 1. The molecule has 0 radical (unpaired) electrons. The molecule has 2 heterocycles. The zero-order valence-corrected chi connectivity index (χ0v) is 22.2. The van der Waals surface area contributed by atoms with E-state index >= 15 is 0 Å². The van der Waals surface area contributed by atoms with Crippen molar-refractivity contribution >= 4 is 17.8 Å². The van der Waals surface area contributed by atoms with Gasteiger partial charge in [-0.25, -0.2) is 9.78 Å². The number of amides is 1. The Labute approximate surface area is 223 Å². The van der Waals surface area contributed by atoms with Gasteiger partial charge in [-0.1, -0.05) is 30.3 Å². The Hall–Kier alpha value is -3.46. The summed E-state index contributed by atoms with van der Waals surface area (Å²) < 4.78 is 22.8. The summed E-state index contributed by atoms with van der Waals surface area (Å²) in [5, 5.41) is 2.74. The van der Waals surface area contributed by atoms with Gasteiger partial charge in [0.05, 0.1) is 13.2 Å². The Balaban J connectivity index is 1.51. The molecular formula is C29H36N2O7. The van der Waals surface area contributed by atoms with E-state index < -0.39 is 30.0 Å². The van der Waals surface area contributed by atoms with Crippen molar-refractivity contribution in [1.82, 2.24) is 10.3 Å². The zero-order valence-electron chi connectivity index (χ0n) is 22.2. The number of nitrogens with zero attached hydrogens (tertiary/aromatic N) is 1.